The Morgan fingerprint density at radius 2 is 1.43 bits per heavy atom. The summed E-state index contributed by atoms with van der Waals surface area (Å²) in [4.78, 5) is 0. The van der Waals surface area contributed by atoms with Gasteiger partial charge in [0.2, 0.25) is 0 Å². The van der Waals surface area contributed by atoms with Crippen molar-refractivity contribution in [1.29, 1.82) is 0 Å². The molecule has 122 valence electrons. The van der Waals surface area contributed by atoms with Crippen molar-refractivity contribution in [2.75, 3.05) is 0 Å². The van der Waals surface area contributed by atoms with Crippen molar-refractivity contribution in [1.82, 2.24) is 5.16 Å². The summed E-state index contributed by atoms with van der Waals surface area (Å²) in [6, 6.07) is 2.19. The first-order chi connectivity index (χ1) is 10.3. The van der Waals surface area contributed by atoms with Crippen LogP contribution in [0.2, 0.25) is 0 Å². The molecule has 1 aromatic rings. The minimum Gasteiger partial charge on any atom is -0.361 e. The lowest BCUT2D eigenvalue weighted by molar-refractivity contribution is 0.368. The number of unbranched alkanes of at least 4 members (excludes halogenated alkanes) is 7. The molecule has 1 atom stereocenters. The maximum atomic E-state index is 5.41. The minimum absolute atomic E-state index is 0.617. The average Bonchev–Trinajstić information content (AvgIpc) is 2.98. The van der Waals surface area contributed by atoms with Gasteiger partial charge >= 0.3 is 0 Å². The van der Waals surface area contributed by atoms with Gasteiger partial charge in [-0.1, -0.05) is 83.7 Å². The average molecular weight is 293 g/mol. The minimum atomic E-state index is 0.617. The third kappa shape index (κ3) is 7.68. The second-order valence-corrected chi connectivity index (χ2v) is 6.32. The lowest BCUT2D eigenvalue weighted by atomic mass is 9.91. The molecule has 0 aromatic carbocycles. The Labute approximate surface area is 131 Å². The number of hydrogen-bond donors (Lipinski definition) is 0. The summed E-state index contributed by atoms with van der Waals surface area (Å²) >= 11 is 0. The van der Waals surface area contributed by atoms with Gasteiger partial charge in [-0.15, -0.1) is 0 Å². The quantitative estimate of drug-likeness (QED) is 0.380. The molecule has 1 unspecified atom stereocenters. The van der Waals surface area contributed by atoms with Crippen LogP contribution in [0.1, 0.15) is 109 Å². The highest BCUT2D eigenvalue weighted by Crippen LogP contribution is 2.28. The topological polar surface area (TPSA) is 26.0 Å². The van der Waals surface area contributed by atoms with E-state index in [1.165, 1.54) is 76.3 Å². The molecule has 1 heterocycles. The largest absolute Gasteiger partial charge is 0.361 e. The molecule has 21 heavy (non-hydrogen) atoms. The standard InChI is InChI=1S/C19H35NO/c1-4-7-9-10-11-13-15-17(14-12-8-5-2)19-16-18(6-3)21-20-19/h16-17H,4-15H2,1-3H3. The number of nitrogens with zero attached hydrogens (tertiary/aromatic N) is 1. The van der Waals surface area contributed by atoms with Gasteiger partial charge in [0, 0.05) is 18.4 Å². The highest BCUT2D eigenvalue weighted by Gasteiger charge is 2.15. The summed E-state index contributed by atoms with van der Waals surface area (Å²) in [5.41, 5.74) is 1.21. The number of hydrogen-bond acceptors (Lipinski definition) is 2. The first-order valence-corrected chi connectivity index (χ1v) is 9.27. The number of aromatic nitrogens is 1. The molecule has 0 bridgehead atoms. The molecule has 0 saturated heterocycles. The fraction of sp³-hybridized carbons (Fsp3) is 0.842. The highest BCUT2D eigenvalue weighted by atomic mass is 16.5. The zero-order valence-corrected chi connectivity index (χ0v) is 14.5. The summed E-state index contributed by atoms with van der Waals surface area (Å²) in [6.45, 7) is 6.68. The summed E-state index contributed by atoms with van der Waals surface area (Å²) in [5, 5.41) is 4.32. The Kier molecular flexibility index (Phi) is 10.3. The SMILES string of the molecule is CCCCCCCCC(CCCCC)c1cc(CC)on1. The van der Waals surface area contributed by atoms with E-state index >= 15 is 0 Å². The normalized spacial score (nSPS) is 12.7. The monoisotopic (exact) mass is 293 g/mol. The zero-order chi connectivity index (χ0) is 15.3. The van der Waals surface area contributed by atoms with Gasteiger partial charge in [0.1, 0.15) is 5.76 Å². The van der Waals surface area contributed by atoms with Crippen LogP contribution in [0.5, 0.6) is 0 Å². The van der Waals surface area contributed by atoms with Crippen molar-refractivity contribution >= 4 is 0 Å². The Balaban J connectivity index is 2.37. The summed E-state index contributed by atoms with van der Waals surface area (Å²) in [7, 11) is 0. The molecule has 2 nitrogen and oxygen atoms in total. The van der Waals surface area contributed by atoms with Crippen molar-refractivity contribution in [3.05, 3.63) is 17.5 Å². The van der Waals surface area contributed by atoms with Gasteiger partial charge in [-0.3, -0.25) is 0 Å². The Morgan fingerprint density at radius 3 is 2.05 bits per heavy atom. The molecule has 0 aliphatic rings. The van der Waals surface area contributed by atoms with Crippen molar-refractivity contribution in [3.8, 4) is 0 Å². The van der Waals surface area contributed by atoms with Crippen molar-refractivity contribution < 1.29 is 4.52 Å². The maximum Gasteiger partial charge on any atom is 0.136 e. The van der Waals surface area contributed by atoms with Crippen LogP contribution in [-0.2, 0) is 6.42 Å². The molecule has 0 saturated carbocycles. The predicted octanol–water partition coefficient (Wildman–Crippen LogP) is 6.65. The lowest BCUT2D eigenvalue weighted by Crippen LogP contribution is -2.00. The molecule has 0 fully saturated rings. The van der Waals surface area contributed by atoms with Gasteiger partial charge in [-0.05, 0) is 12.8 Å². The summed E-state index contributed by atoms with van der Waals surface area (Å²) < 4.78 is 5.41. The molecule has 0 N–H and O–H groups in total. The van der Waals surface area contributed by atoms with Crippen molar-refractivity contribution in [2.45, 2.75) is 104 Å². The number of aryl methyl sites for hydroxylation is 1. The van der Waals surface area contributed by atoms with Crippen LogP contribution in [0, 0.1) is 0 Å². The Hall–Kier alpha value is -0.790. The summed E-state index contributed by atoms with van der Waals surface area (Å²) in [5.74, 6) is 1.65. The van der Waals surface area contributed by atoms with E-state index in [1.807, 2.05) is 0 Å². The first-order valence-electron chi connectivity index (χ1n) is 9.27. The van der Waals surface area contributed by atoms with Gasteiger partial charge in [-0.25, -0.2) is 0 Å². The van der Waals surface area contributed by atoms with Crippen molar-refractivity contribution in [3.63, 3.8) is 0 Å². The van der Waals surface area contributed by atoms with Crippen LogP contribution in [0.25, 0.3) is 0 Å². The van der Waals surface area contributed by atoms with E-state index in [-0.39, 0.29) is 0 Å². The van der Waals surface area contributed by atoms with E-state index in [1.54, 1.807) is 0 Å². The third-order valence-electron chi connectivity index (χ3n) is 4.41. The molecule has 2 heteroatoms. The Bertz CT molecular complexity index is 345. The number of rotatable bonds is 13. The van der Waals surface area contributed by atoms with E-state index < -0.39 is 0 Å². The van der Waals surface area contributed by atoms with Gasteiger partial charge in [0.15, 0.2) is 0 Å². The van der Waals surface area contributed by atoms with Crippen LogP contribution >= 0.6 is 0 Å². The van der Waals surface area contributed by atoms with Crippen LogP contribution in [0.15, 0.2) is 10.6 Å². The Morgan fingerprint density at radius 1 is 0.857 bits per heavy atom. The van der Waals surface area contributed by atoms with E-state index in [4.69, 9.17) is 4.52 Å². The third-order valence-corrected chi connectivity index (χ3v) is 4.41. The van der Waals surface area contributed by atoms with Gasteiger partial charge in [0.05, 0.1) is 5.69 Å². The van der Waals surface area contributed by atoms with Crippen LogP contribution in [0.4, 0.5) is 0 Å². The highest BCUT2D eigenvalue weighted by molar-refractivity contribution is 5.10. The maximum absolute atomic E-state index is 5.41. The molecule has 0 aliphatic carbocycles. The molecule has 1 rings (SSSR count). The lowest BCUT2D eigenvalue weighted by Gasteiger charge is -2.13. The van der Waals surface area contributed by atoms with E-state index in [0.29, 0.717) is 5.92 Å². The van der Waals surface area contributed by atoms with Crippen LogP contribution in [0.3, 0.4) is 0 Å². The molecular weight excluding hydrogens is 258 g/mol. The molecule has 1 aromatic heterocycles. The van der Waals surface area contributed by atoms with Crippen LogP contribution < -0.4 is 0 Å². The molecule has 0 amide bonds. The summed E-state index contributed by atoms with van der Waals surface area (Å²) in [6.07, 6.45) is 15.7. The van der Waals surface area contributed by atoms with Gasteiger partial charge < -0.3 is 4.52 Å². The zero-order valence-electron chi connectivity index (χ0n) is 14.5. The second kappa shape index (κ2) is 11.8. The van der Waals surface area contributed by atoms with E-state index in [0.717, 1.165) is 12.2 Å². The molecule has 0 spiro atoms. The van der Waals surface area contributed by atoms with Gasteiger partial charge in [-0.2, -0.15) is 0 Å². The smallest absolute Gasteiger partial charge is 0.136 e. The van der Waals surface area contributed by atoms with Crippen molar-refractivity contribution in [2.24, 2.45) is 0 Å². The van der Waals surface area contributed by atoms with E-state index in [2.05, 4.69) is 32.0 Å². The van der Waals surface area contributed by atoms with Gasteiger partial charge in [0.25, 0.3) is 0 Å². The fourth-order valence-corrected chi connectivity index (χ4v) is 2.94. The predicted molar refractivity (Wildman–Crippen MR) is 90.8 cm³/mol. The van der Waals surface area contributed by atoms with Crippen LogP contribution in [-0.4, -0.2) is 5.16 Å². The second-order valence-electron chi connectivity index (χ2n) is 6.32. The first kappa shape index (κ1) is 18.3. The fourth-order valence-electron chi connectivity index (χ4n) is 2.94. The molecule has 0 radical (unpaired) electrons. The molecular formula is C19H35NO. The van der Waals surface area contributed by atoms with E-state index in [9.17, 15) is 0 Å². The molecule has 0 aliphatic heterocycles.